The third kappa shape index (κ3) is 5.50. The highest BCUT2D eigenvalue weighted by atomic mass is 79.9. The Morgan fingerprint density at radius 3 is 2.71 bits per heavy atom. The maximum Gasteiger partial charge on any atom is 0.213 e. The van der Waals surface area contributed by atoms with Crippen LogP contribution in [0.25, 0.3) is 0 Å². The van der Waals surface area contributed by atoms with Crippen molar-refractivity contribution in [3.63, 3.8) is 0 Å². The molecule has 1 fully saturated rings. The molecule has 0 N–H and O–H groups in total. The van der Waals surface area contributed by atoms with Crippen molar-refractivity contribution < 1.29 is 4.74 Å². The largest absolute Gasteiger partial charge is 0.478 e. The summed E-state index contributed by atoms with van der Waals surface area (Å²) >= 11 is 3.35. The van der Waals surface area contributed by atoms with E-state index in [9.17, 15) is 0 Å². The molecule has 3 nitrogen and oxygen atoms in total. The third-order valence-corrected chi connectivity index (χ3v) is 3.33. The van der Waals surface area contributed by atoms with Crippen LogP contribution in [-0.4, -0.2) is 36.1 Å². The van der Waals surface area contributed by atoms with Crippen molar-refractivity contribution >= 4 is 15.9 Å². The number of ether oxygens (including phenoxy) is 1. The molecule has 17 heavy (non-hydrogen) atoms. The first kappa shape index (κ1) is 12.8. The van der Waals surface area contributed by atoms with E-state index >= 15 is 0 Å². The van der Waals surface area contributed by atoms with Gasteiger partial charge in [-0.1, -0.05) is 12.8 Å². The Kier molecular flexibility index (Phi) is 5.26. The lowest BCUT2D eigenvalue weighted by Gasteiger charge is -2.05. The molecule has 2 heterocycles. The zero-order valence-electron chi connectivity index (χ0n) is 10.1. The van der Waals surface area contributed by atoms with Crippen molar-refractivity contribution in [2.75, 3.05) is 26.2 Å². The van der Waals surface area contributed by atoms with Gasteiger partial charge in [0.05, 0.1) is 6.61 Å². The fourth-order valence-corrected chi connectivity index (χ4v) is 1.94. The summed E-state index contributed by atoms with van der Waals surface area (Å²) in [7, 11) is 0. The van der Waals surface area contributed by atoms with Crippen molar-refractivity contribution in [2.24, 2.45) is 0 Å². The van der Waals surface area contributed by atoms with Gasteiger partial charge in [0.1, 0.15) is 0 Å². The van der Waals surface area contributed by atoms with Crippen LogP contribution in [0.15, 0.2) is 22.8 Å². The SMILES string of the molecule is Brc1ccc(OCCCCCCN2CC2)nc1. The van der Waals surface area contributed by atoms with E-state index in [1.54, 1.807) is 6.20 Å². The third-order valence-electron chi connectivity index (χ3n) is 2.86. The maximum absolute atomic E-state index is 5.56. The summed E-state index contributed by atoms with van der Waals surface area (Å²) in [5.41, 5.74) is 0. The molecule has 0 unspecified atom stereocenters. The van der Waals surface area contributed by atoms with E-state index in [1.165, 1.54) is 38.9 Å². The van der Waals surface area contributed by atoms with E-state index in [0.29, 0.717) is 0 Å². The second-order valence-electron chi connectivity index (χ2n) is 4.42. The van der Waals surface area contributed by atoms with Gasteiger partial charge >= 0.3 is 0 Å². The Balaban J connectivity index is 1.46. The highest BCUT2D eigenvalue weighted by Crippen LogP contribution is 2.13. The van der Waals surface area contributed by atoms with Gasteiger partial charge in [0.25, 0.3) is 0 Å². The second-order valence-corrected chi connectivity index (χ2v) is 5.33. The Bertz CT molecular complexity index is 325. The summed E-state index contributed by atoms with van der Waals surface area (Å²) < 4.78 is 6.54. The minimum Gasteiger partial charge on any atom is -0.478 e. The molecule has 0 aromatic carbocycles. The van der Waals surface area contributed by atoms with Crippen LogP contribution in [0.2, 0.25) is 0 Å². The van der Waals surface area contributed by atoms with Gasteiger partial charge in [-0.15, -0.1) is 0 Å². The van der Waals surface area contributed by atoms with Crippen molar-refractivity contribution in [2.45, 2.75) is 25.7 Å². The Hall–Kier alpha value is -0.610. The quantitative estimate of drug-likeness (QED) is 0.545. The zero-order chi connectivity index (χ0) is 11.9. The molecule has 94 valence electrons. The lowest BCUT2D eigenvalue weighted by Crippen LogP contribution is -2.01. The van der Waals surface area contributed by atoms with Crippen LogP contribution in [0.5, 0.6) is 5.88 Å². The summed E-state index contributed by atoms with van der Waals surface area (Å²) in [6.45, 7) is 4.70. The second kappa shape index (κ2) is 6.97. The Morgan fingerprint density at radius 2 is 2.00 bits per heavy atom. The van der Waals surface area contributed by atoms with Gasteiger partial charge in [-0.05, 0) is 41.4 Å². The lowest BCUT2D eigenvalue weighted by atomic mass is 10.2. The van der Waals surface area contributed by atoms with Gasteiger partial charge in [0, 0.05) is 29.8 Å². The summed E-state index contributed by atoms with van der Waals surface area (Å²) in [6.07, 6.45) is 6.78. The number of rotatable bonds is 8. The van der Waals surface area contributed by atoms with E-state index in [4.69, 9.17) is 4.74 Å². The first-order valence-corrected chi connectivity index (χ1v) is 7.10. The molecule has 4 heteroatoms. The molecule has 0 amide bonds. The minimum atomic E-state index is 0.720. The van der Waals surface area contributed by atoms with Gasteiger partial charge < -0.3 is 9.64 Å². The monoisotopic (exact) mass is 298 g/mol. The molecule has 0 bridgehead atoms. The molecular formula is C13H19BrN2O. The number of nitrogens with zero attached hydrogens (tertiary/aromatic N) is 2. The van der Waals surface area contributed by atoms with Crippen molar-refractivity contribution in [1.82, 2.24) is 9.88 Å². The predicted molar refractivity (Wildman–Crippen MR) is 72.3 cm³/mol. The fraction of sp³-hybridized carbons (Fsp3) is 0.615. The van der Waals surface area contributed by atoms with Crippen LogP contribution in [-0.2, 0) is 0 Å². The number of pyridine rings is 1. The summed E-state index contributed by atoms with van der Waals surface area (Å²) in [6, 6.07) is 3.84. The van der Waals surface area contributed by atoms with Crippen LogP contribution in [0.3, 0.4) is 0 Å². The smallest absolute Gasteiger partial charge is 0.213 e. The Labute approximate surface area is 111 Å². The highest BCUT2D eigenvalue weighted by Gasteiger charge is 2.14. The average Bonchev–Trinajstić information content (AvgIpc) is 3.14. The van der Waals surface area contributed by atoms with Crippen LogP contribution in [0.4, 0.5) is 0 Å². The molecule has 1 aliphatic rings. The number of aromatic nitrogens is 1. The molecule has 0 saturated carbocycles. The molecule has 0 spiro atoms. The molecule has 1 aromatic rings. The number of hydrogen-bond donors (Lipinski definition) is 0. The molecule has 1 aliphatic heterocycles. The molecule has 2 rings (SSSR count). The Morgan fingerprint density at radius 1 is 1.18 bits per heavy atom. The predicted octanol–water partition coefficient (Wildman–Crippen LogP) is 3.10. The van der Waals surface area contributed by atoms with E-state index in [1.807, 2.05) is 12.1 Å². The first-order valence-electron chi connectivity index (χ1n) is 6.31. The summed E-state index contributed by atoms with van der Waals surface area (Å²) in [5.74, 6) is 0.720. The number of unbranched alkanes of at least 4 members (excludes halogenated alkanes) is 3. The van der Waals surface area contributed by atoms with Crippen LogP contribution in [0, 0.1) is 0 Å². The van der Waals surface area contributed by atoms with Gasteiger partial charge in [-0.2, -0.15) is 0 Å². The van der Waals surface area contributed by atoms with Gasteiger partial charge in [-0.25, -0.2) is 4.98 Å². The summed E-state index contributed by atoms with van der Waals surface area (Å²) in [5, 5.41) is 0. The van der Waals surface area contributed by atoms with Gasteiger partial charge in [0.2, 0.25) is 5.88 Å². The van der Waals surface area contributed by atoms with E-state index in [-0.39, 0.29) is 0 Å². The number of halogens is 1. The van der Waals surface area contributed by atoms with Crippen LogP contribution < -0.4 is 4.74 Å². The van der Waals surface area contributed by atoms with Crippen LogP contribution >= 0.6 is 15.9 Å². The molecule has 0 aliphatic carbocycles. The zero-order valence-corrected chi connectivity index (χ0v) is 11.7. The standard InChI is InChI=1S/C13H19BrN2O/c14-12-5-6-13(15-11-12)17-10-4-2-1-3-7-16-8-9-16/h5-6,11H,1-4,7-10H2. The topological polar surface area (TPSA) is 25.1 Å². The molecular weight excluding hydrogens is 280 g/mol. The molecule has 0 radical (unpaired) electrons. The normalized spacial score (nSPS) is 14.9. The molecule has 0 atom stereocenters. The summed E-state index contributed by atoms with van der Waals surface area (Å²) in [4.78, 5) is 6.64. The van der Waals surface area contributed by atoms with E-state index < -0.39 is 0 Å². The van der Waals surface area contributed by atoms with Gasteiger partial charge in [-0.3, -0.25) is 0 Å². The van der Waals surface area contributed by atoms with Crippen LogP contribution in [0.1, 0.15) is 25.7 Å². The van der Waals surface area contributed by atoms with Gasteiger partial charge in [0.15, 0.2) is 0 Å². The lowest BCUT2D eigenvalue weighted by molar-refractivity contribution is 0.292. The van der Waals surface area contributed by atoms with Crippen molar-refractivity contribution in [1.29, 1.82) is 0 Å². The molecule has 1 aromatic heterocycles. The highest BCUT2D eigenvalue weighted by molar-refractivity contribution is 9.10. The first-order chi connectivity index (χ1) is 8.34. The fourth-order valence-electron chi connectivity index (χ4n) is 1.71. The molecule has 1 saturated heterocycles. The average molecular weight is 299 g/mol. The van der Waals surface area contributed by atoms with E-state index in [0.717, 1.165) is 23.4 Å². The van der Waals surface area contributed by atoms with E-state index in [2.05, 4.69) is 25.8 Å². The maximum atomic E-state index is 5.56. The minimum absolute atomic E-state index is 0.720. The van der Waals surface area contributed by atoms with Crippen molar-refractivity contribution in [3.8, 4) is 5.88 Å². The number of hydrogen-bond acceptors (Lipinski definition) is 3. The van der Waals surface area contributed by atoms with Crippen molar-refractivity contribution in [3.05, 3.63) is 22.8 Å².